The Kier molecular flexibility index (Phi) is 6.75. The molecule has 2 fully saturated rings. The molecule has 0 aromatic heterocycles. The fourth-order valence-corrected chi connectivity index (χ4v) is 4.62. The summed E-state index contributed by atoms with van der Waals surface area (Å²) in [5.41, 5.74) is 6.84. The van der Waals surface area contributed by atoms with Gasteiger partial charge in [0.15, 0.2) is 6.04 Å². The lowest BCUT2D eigenvalue weighted by Gasteiger charge is -2.44. The van der Waals surface area contributed by atoms with E-state index >= 15 is 0 Å². The van der Waals surface area contributed by atoms with Crippen molar-refractivity contribution in [3.8, 4) is 0 Å². The standard InChI is InChI=1S/C21H25F3N4O4/c22-21(23,24)17(11-5-2-1-3-6-11)27-20(32)28-16(19(30)31)13(18(28)29)9-12-7-4-8-15(26)14(12)10-25/h4,7-8,10-11,13,16-17,25H,1-3,5-6,9,26H2,(H,27,32)(H,30,31)/t13-,16?,17?/m1/s1. The van der Waals surface area contributed by atoms with Crippen LogP contribution in [0.2, 0.25) is 0 Å². The fraction of sp³-hybridized carbons (Fsp3) is 0.524. The molecule has 1 saturated heterocycles. The number of alkyl halides is 3. The van der Waals surface area contributed by atoms with Crippen LogP contribution in [0.1, 0.15) is 43.2 Å². The lowest BCUT2D eigenvalue weighted by Crippen LogP contribution is -2.70. The van der Waals surface area contributed by atoms with E-state index in [9.17, 15) is 32.7 Å². The summed E-state index contributed by atoms with van der Waals surface area (Å²) in [7, 11) is 0. The number of nitrogens with two attached hydrogens (primary N) is 1. The molecule has 1 aromatic carbocycles. The Hall–Kier alpha value is -3.11. The van der Waals surface area contributed by atoms with Crippen LogP contribution in [0.4, 0.5) is 23.7 Å². The fourth-order valence-electron chi connectivity index (χ4n) is 4.62. The number of amides is 3. The van der Waals surface area contributed by atoms with E-state index in [4.69, 9.17) is 11.1 Å². The van der Waals surface area contributed by atoms with Gasteiger partial charge >= 0.3 is 18.2 Å². The summed E-state index contributed by atoms with van der Waals surface area (Å²) >= 11 is 0. The summed E-state index contributed by atoms with van der Waals surface area (Å²) in [4.78, 5) is 37.4. The maximum atomic E-state index is 13.6. The van der Waals surface area contributed by atoms with Gasteiger partial charge in [-0.1, -0.05) is 31.4 Å². The van der Waals surface area contributed by atoms with Gasteiger partial charge in [-0.2, -0.15) is 13.2 Å². The second-order valence-corrected chi connectivity index (χ2v) is 8.23. The van der Waals surface area contributed by atoms with Gasteiger partial charge in [-0.25, -0.2) is 14.5 Å². The molecule has 2 unspecified atom stereocenters. The highest BCUT2D eigenvalue weighted by Gasteiger charge is 2.56. The van der Waals surface area contributed by atoms with E-state index < -0.39 is 48.0 Å². The summed E-state index contributed by atoms with van der Waals surface area (Å²) in [6.07, 6.45) is -1.20. The average molecular weight is 454 g/mol. The van der Waals surface area contributed by atoms with Gasteiger partial charge in [0.1, 0.15) is 6.04 Å². The Balaban J connectivity index is 1.78. The molecule has 5 N–H and O–H groups in total. The van der Waals surface area contributed by atoms with Crippen LogP contribution in [-0.4, -0.2) is 52.4 Å². The third-order valence-electron chi connectivity index (χ3n) is 6.25. The topological polar surface area (TPSA) is 137 Å². The van der Waals surface area contributed by atoms with E-state index in [0.29, 0.717) is 41.7 Å². The van der Waals surface area contributed by atoms with Crippen molar-refractivity contribution in [1.82, 2.24) is 10.2 Å². The number of nitrogens with one attached hydrogen (secondary N) is 2. The maximum absolute atomic E-state index is 13.6. The number of imide groups is 1. The Morgan fingerprint density at radius 1 is 1.28 bits per heavy atom. The monoisotopic (exact) mass is 454 g/mol. The Morgan fingerprint density at radius 3 is 2.50 bits per heavy atom. The third-order valence-corrected chi connectivity index (χ3v) is 6.25. The van der Waals surface area contributed by atoms with Gasteiger partial charge in [-0.05, 0) is 36.8 Å². The van der Waals surface area contributed by atoms with Crippen LogP contribution in [0.25, 0.3) is 0 Å². The first kappa shape index (κ1) is 23.6. The SMILES string of the molecule is N=Cc1c(N)cccc1C[C@H]1C(=O)N(C(=O)NC(C2CCCCC2)C(F)(F)F)C1C(=O)O. The van der Waals surface area contributed by atoms with Crippen LogP contribution in [0.15, 0.2) is 18.2 Å². The molecule has 1 aliphatic carbocycles. The van der Waals surface area contributed by atoms with Gasteiger partial charge in [0, 0.05) is 17.5 Å². The van der Waals surface area contributed by atoms with Crippen molar-refractivity contribution in [2.45, 2.75) is 56.8 Å². The number of likely N-dealkylation sites (tertiary alicyclic amines) is 1. The highest BCUT2D eigenvalue weighted by atomic mass is 19.4. The maximum Gasteiger partial charge on any atom is 0.408 e. The Bertz CT molecular complexity index is 915. The zero-order valence-electron chi connectivity index (χ0n) is 17.2. The van der Waals surface area contributed by atoms with Crippen molar-refractivity contribution in [1.29, 1.82) is 5.41 Å². The molecule has 3 amide bonds. The van der Waals surface area contributed by atoms with Gasteiger partial charge in [0.05, 0.1) is 5.92 Å². The molecule has 0 spiro atoms. The van der Waals surface area contributed by atoms with E-state index in [0.717, 1.165) is 12.6 Å². The van der Waals surface area contributed by atoms with E-state index in [1.165, 1.54) is 0 Å². The number of hydrogen-bond acceptors (Lipinski definition) is 5. The first-order valence-electron chi connectivity index (χ1n) is 10.4. The van der Waals surface area contributed by atoms with E-state index in [1.54, 1.807) is 18.2 Å². The molecule has 0 bridgehead atoms. The van der Waals surface area contributed by atoms with Crippen LogP contribution in [-0.2, 0) is 16.0 Å². The number of aliphatic carboxylic acids is 1. The number of β-lactam (4-membered cyclic amide) rings is 1. The number of carbonyl (C=O) groups is 3. The molecule has 3 rings (SSSR count). The zero-order valence-corrected chi connectivity index (χ0v) is 17.2. The number of carboxylic acids is 1. The Labute approximate surface area is 182 Å². The van der Waals surface area contributed by atoms with Crippen molar-refractivity contribution in [2.24, 2.45) is 11.8 Å². The summed E-state index contributed by atoms with van der Waals surface area (Å²) < 4.78 is 40.9. The van der Waals surface area contributed by atoms with Gasteiger partial charge in [0.2, 0.25) is 5.91 Å². The number of nitrogen functional groups attached to an aromatic ring is 1. The lowest BCUT2D eigenvalue weighted by atomic mass is 9.81. The normalized spacial score (nSPS) is 22.7. The van der Waals surface area contributed by atoms with E-state index in [1.807, 2.05) is 5.32 Å². The third kappa shape index (κ3) is 4.56. The minimum Gasteiger partial charge on any atom is -0.480 e. The first-order chi connectivity index (χ1) is 15.1. The first-order valence-corrected chi connectivity index (χ1v) is 10.4. The number of benzene rings is 1. The number of nitrogens with zero attached hydrogens (tertiary/aromatic N) is 1. The van der Waals surface area contributed by atoms with Crippen LogP contribution in [0.5, 0.6) is 0 Å². The Morgan fingerprint density at radius 2 is 1.94 bits per heavy atom. The molecular formula is C21H25F3N4O4. The van der Waals surface area contributed by atoms with Gasteiger partial charge < -0.3 is 21.6 Å². The minimum atomic E-state index is -4.72. The minimum absolute atomic E-state index is 0.110. The molecule has 32 heavy (non-hydrogen) atoms. The highest BCUT2D eigenvalue weighted by Crippen LogP contribution is 2.36. The summed E-state index contributed by atoms with van der Waals surface area (Å²) in [6, 6.07) is -0.402. The van der Waals surface area contributed by atoms with Crippen LogP contribution in [0, 0.1) is 17.2 Å². The van der Waals surface area contributed by atoms with Crippen molar-refractivity contribution in [3.63, 3.8) is 0 Å². The quantitative estimate of drug-likeness (QED) is 0.298. The van der Waals surface area contributed by atoms with Crippen LogP contribution >= 0.6 is 0 Å². The number of carbonyl (C=O) groups excluding carboxylic acids is 2. The van der Waals surface area contributed by atoms with Crippen molar-refractivity contribution < 1.29 is 32.7 Å². The number of hydrogen-bond donors (Lipinski definition) is 4. The molecule has 3 atom stereocenters. The molecular weight excluding hydrogens is 429 g/mol. The molecule has 1 saturated carbocycles. The molecule has 11 heteroatoms. The molecule has 1 aromatic rings. The number of anilines is 1. The molecule has 0 radical (unpaired) electrons. The van der Waals surface area contributed by atoms with E-state index in [2.05, 4.69) is 0 Å². The average Bonchev–Trinajstić information content (AvgIpc) is 2.73. The number of carboxylic acid groups (broad SMARTS) is 1. The summed E-state index contributed by atoms with van der Waals surface area (Å²) in [5, 5.41) is 18.9. The predicted molar refractivity (Wildman–Crippen MR) is 109 cm³/mol. The largest absolute Gasteiger partial charge is 0.480 e. The predicted octanol–water partition coefficient (Wildman–Crippen LogP) is 2.94. The van der Waals surface area contributed by atoms with E-state index in [-0.39, 0.29) is 12.1 Å². The van der Waals surface area contributed by atoms with Crippen molar-refractivity contribution in [2.75, 3.05) is 5.73 Å². The lowest BCUT2D eigenvalue weighted by molar-refractivity contribution is -0.172. The number of halogens is 3. The molecule has 2 aliphatic rings. The molecule has 174 valence electrons. The van der Waals surface area contributed by atoms with Crippen molar-refractivity contribution in [3.05, 3.63) is 29.3 Å². The van der Waals surface area contributed by atoms with Gasteiger partial charge in [-0.15, -0.1) is 0 Å². The van der Waals surface area contributed by atoms with Crippen LogP contribution < -0.4 is 11.1 Å². The van der Waals surface area contributed by atoms with Crippen LogP contribution in [0.3, 0.4) is 0 Å². The second-order valence-electron chi connectivity index (χ2n) is 8.23. The molecule has 1 heterocycles. The number of rotatable bonds is 6. The second kappa shape index (κ2) is 9.17. The zero-order chi connectivity index (χ0) is 23.6. The molecule has 1 aliphatic heterocycles. The smallest absolute Gasteiger partial charge is 0.408 e. The van der Waals surface area contributed by atoms with Gasteiger partial charge in [-0.3, -0.25) is 4.79 Å². The van der Waals surface area contributed by atoms with Crippen molar-refractivity contribution >= 4 is 29.8 Å². The van der Waals surface area contributed by atoms with Gasteiger partial charge in [0.25, 0.3) is 0 Å². The summed E-state index contributed by atoms with van der Waals surface area (Å²) in [5.74, 6) is -4.34. The summed E-state index contributed by atoms with van der Waals surface area (Å²) in [6.45, 7) is 0. The highest BCUT2D eigenvalue weighted by molar-refractivity contribution is 6.07. The number of urea groups is 1. The molecule has 8 nitrogen and oxygen atoms in total.